The van der Waals surface area contributed by atoms with Gasteiger partial charge in [-0.05, 0) is 37.4 Å². The summed E-state index contributed by atoms with van der Waals surface area (Å²) in [6, 6.07) is 6.68. The van der Waals surface area contributed by atoms with Crippen molar-refractivity contribution in [3.8, 4) is 0 Å². The van der Waals surface area contributed by atoms with Gasteiger partial charge in [-0.1, -0.05) is 15.9 Å². The molecule has 0 saturated carbocycles. The van der Waals surface area contributed by atoms with Crippen LogP contribution in [0.4, 0.5) is 0 Å². The fourth-order valence-corrected chi connectivity index (χ4v) is 3.78. The van der Waals surface area contributed by atoms with E-state index in [2.05, 4.69) is 15.9 Å². The van der Waals surface area contributed by atoms with Crippen LogP contribution in [0.2, 0.25) is 0 Å². The molecule has 17 heavy (non-hydrogen) atoms. The van der Waals surface area contributed by atoms with Crippen molar-refractivity contribution in [2.75, 3.05) is 19.1 Å². The van der Waals surface area contributed by atoms with E-state index in [4.69, 9.17) is 0 Å². The lowest BCUT2D eigenvalue weighted by Gasteiger charge is -2.23. The fourth-order valence-electron chi connectivity index (χ4n) is 1.36. The van der Waals surface area contributed by atoms with Gasteiger partial charge in [-0.3, -0.25) is 0 Å². The summed E-state index contributed by atoms with van der Waals surface area (Å²) < 4.78 is 26.8. The smallest absolute Gasteiger partial charge is 0.207 e. The zero-order valence-electron chi connectivity index (χ0n) is 10.1. The number of nitrogens with zero attached hydrogens (tertiary/aromatic N) is 1. The third kappa shape index (κ3) is 3.71. The minimum atomic E-state index is -3.38. The first-order chi connectivity index (χ1) is 7.89. The normalized spacial score (nSPS) is 13.9. The first kappa shape index (κ1) is 15.0. The Morgan fingerprint density at radius 3 is 2.35 bits per heavy atom. The van der Waals surface area contributed by atoms with Gasteiger partial charge in [0.15, 0.2) is 0 Å². The first-order valence-corrected chi connectivity index (χ1v) is 8.75. The molecule has 1 rings (SSSR count). The largest absolute Gasteiger partial charge is 0.243 e. The second kappa shape index (κ2) is 6.22. The van der Waals surface area contributed by atoms with E-state index >= 15 is 0 Å². The monoisotopic (exact) mass is 337 g/mol. The molecule has 0 bridgehead atoms. The number of hydrogen-bond acceptors (Lipinski definition) is 3. The molecule has 0 saturated heterocycles. The highest BCUT2D eigenvalue weighted by Gasteiger charge is 2.24. The van der Waals surface area contributed by atoms with E-state index in [1.165, 1.54) is 4.31 Å². The van der Waals surface area contributed by atoms with Gasteiger partial charge in [0, 0.05) is 23.3 Å². The Morgan fingerprint density at radius 1 is 1.35 bits per heavy atom. The second-order valence-electron chi connectivity index (χ2n) is 3.78. The van der Waals surface area contributed by atoms with Gasteiger partial charge in [0.25, 0.3) is 0 Å². The van der Waals surface area contributed by atoms with Crippen LogP contribution in [0.5, 0.6) is 0 Å². The molecule has 0 N–H and O–H groups in total. The quantitative estimate of drug-likeness (QED) is 0.829. The summed E-state index contributed by atoms with van der Waals surface area (Å²) in [5, 5.41) is 0. The molecule has 1 atom stereocenters. The zero-order valence-corrected chi connectivity index (χ0v) is 13.3. The van der Waals surface area contributed by atoms with E-state index in [9.17, 15) is 8.42 Å². The Hall–Kier alpha value is -0.0400. The molecule has 1 aromatic carbocycles. The number of sulfonamides is 1. The van der Waals surface area contributed by atoms with Gasteiger partial charge >= 0.3 is 0 Å². The molecular weight excluding hydrogens is 322 g/mol. The van der Waals surface area contributed by atoms with Crippen LogP contribution in [-0.2, 0) is 10.0 Å². The van der Waals surface area contributed by atoms with Gasteiger partial charge in [0.05, 0.1) is 4.90 Å². The van der Waals surface area contributed by atoms with Gasteiger partial charge in [-0.15, -0.1) is 0 Å². The van der Waals surface area contributed by atoms with Crippen LogP contribution in [-0.4, -0.2) is 37.8 Å². The molecule has 1 unspecified atom stereocenters. The van der Waals surface area contributed by atoms with Gasteiger partial charge < -0.3 is 0 Å². The third-order valence-corrected chi connectivity index (χ3v) is 5.85. The Balaban J connectivity index is 2.98. The lowest BCUT2D eigenvalue weighted by atomic mass is 10.4. The van der Waals surface area contributed by atoms with Crippen molar-refractivity contribution >= 4 is 37.7 Å². The Kier molecular flexibility index (Phi) is 5.50. The summed E-state index contributed by atoms with van der Waals surface area (Å²) in [5.74, 6) is 0.784. The highest BCUT2D eigenvalue weighted by molar-refractivity contribution is 9.10. The van der Waals surface area contributed by atoms with Gasteiger partial charge in [0.2, 0.25) is 10.0 Å². The summed E-state index contributed by atoms with van der Waals surface area (Å²) in [7, 11) is -1.75. The maximum absolute atomic E-state index is 12.3. The van der Waals surface area contributed by atoms with Crippen LogP contribution in [0.15, 0.2) is 33.6 Å². The second-order valence-corrected chi connectivity index (χ2v) is 7.60. The lowest BCUT2D eigenvalue weighted by molar-refractivity contribution is 0.415. The maximum atomic E-state index is 12.3. The molecule has 0 aliphatic rings. The Labute approximate surface area is 116 Å². The zero-order chi connectivity index (χ0) is 13.1. The van der Waals surface area contributed by atoms with Gasteiger partial charge in [-0.2, -0.15) is 16.1 Å². The van der Waals surface area contributed by atoms with Crippen molar-refractivity contribution in [2.24, 2.45) is 0 Å². The van der Waals surface area contributed by atoms with E-state index in [0.717, 1.165) is 10.2 Å². The number of hydrogen-bond donors (Lipinski definition) is 0. The minimum absolute atomic E-state index is 0.0151. The van der Waals surface area contributed by atoms with E-state index < -0.39 is 10.0 Å². The summed E-state index contributed by atoms with van der Waals surface area (Å²) in [6.07, 6.45) is 1.97. The molecule has 0 radical (unpaired) electrons. The van der Waals surface area contributed by atoms with Crippen LogP contribution in [0.25, 0.3) is 0 Å². The predicted octanol–water partition coefficient (Wildman–Crippen LogP) is 2.82. The highest BCUT2D eigenvalue weighted by Crippen LogP contribution is 2.20. The van der Waals surface area contributed by atoms with E-state index in [-0.39, 0.29) is 6.04 Å². The molecule has 96 valence electrons. The van der Waals surface area contributed by atoms with Gasteiger partial charge in [0.1, 0.15) is 0 Å². The molecule has 3 nitrogen and oxygen atoms in total. The van der Waals surface area contributed by atoms with E-state index in [1.807, 2.05) is 13.2 Å². The van der Waals surface area contributed by atoms with Crippen molar-refractivity contribution in [3.05, 3.63) is 28.7 Å². The number of rotatable bonds is 5. The molecule has 0 aliphatic carbocycles. The molecule has 1 aromatic rings. The van der Waals surface area contributed by atoms with Crippen LogP contribution < -0.4 is 0 Å². The van der Waals surface area contributed by atoms with Gasteiger partial charge in [-0.25, -0.2) is 8.42 Å². The molecule has 0 aromatic heterocycles. The molecule has 0 amide bonds. The van der Waals surface area contributed by atoms with Crippen molar-refractivity contribution in [1.82, 2.24) is 4.31 Å². The Morgan fingerprint density at radius 2 is 1.88 bits per heavy atom. The van der Waals surface area contributed by atoms with Crippen LogP contribution >= 0.6 is 27.7 Å². The van der Waals surface area contributed by atoms with E-state index in [1.54, 1.807) is 43.1 Å². The average molecular weight is 338 g/mol. The minimum Gasteiger partial charge on any atom is -0.207 e. The summed E-state index contributed by atoms with van der Waals surface area (Å²) in [6.45, 7) is 1.91. The van der Waals surface area contributed by atoms with Crippen LogP contribution in [0.3, 0.4) is 0 Å². The van der Waals surface area contributed by atoms with Crippen molar-refractivity contribution in [1.29, 1.82) is 0 Å². The molecule has 0 heterocycles. The summed E-state index contributed by atoms with van der Waals surface area (Å²) >= 11 is 4.93. The number of halogens is 1. The standard InChI is InChI=1S/C11H16BrNO2S2/c1-9(8-16-3)13(2)17(14,15)11-6-4-10(12)5-7-11/h4-7,9H,8H2,1-3H3. The SMILES string of the molecule is CSCC(C)N(C)S(=O)(=O)c1ccc(Br)cc1. The number of thioether (sulfide) groups is 1. The first-order valence-electron chi connectivity index (χ1n) is 5.12. The summed E-state index contributed by atoms with van der Waals surface area (Å²) in [4.78, 5) is 0.330. The Bertz CT molecular complexity index is 459. The topological polar surface area (TPSA) is 37.4 Å². The fraction of sp³-hybridized carbons (Fsp3) is 0.455. The van der Waals surface area contributed by atoms with E-state index in [0.29, 0.717) is 4.90 Å². The van der Waals surface area contributed by atoms with Crippen molar-refractivity contribution < 1.29 is 8.42 Å². The molecule has 0 spiro atoms. The molecular formula is C11H16BrNO2S2. The summed E-state index contributed by atoms with van der Waals surface area (Å²) in [5.41, 5.74) is 0. The predicted molar refractivity (Wildman–Crippen MR) is 76.9 cm³/mol. The van der Waals surface area contributed by atoms with Crippen LogP contribution in [0.1, 0.15) is 6.92 Å². The molecule has 6 heteroatoms. The maximum Gasteiger partial charge on any atom is 0.243 e. The third-order valence-electron chi connectivity index (χ3n) is 2.52. The van der Waals surface area contributed by atoms with Crippen molar-refractivity contribution in [2.45, 2.75) is 17.9 Å². The van der Waals surface area contributed by atoms with Crippen LogP contribution in [0, 0.1) is 0 Å². The molecule has 0 aliphatic heterocycles. The van der Waals surface area contributed by atoms with Crippen molar-refractivity contribution in [3.63, 3.8) is 0 Å². The lowest BCUT2D eigenvalue weighted by Crippen LogP contribution is -2.36. The molecule has 0 fully saturated rings. The average Bonchev–Trinajstić information content (AvgIpc) is 2.29. The highest BCUT2D eigenvalue weighted by atomic mass is 79.9. The number of benzene rings is 1.